The van der Waals surface area contributed by atoms with E-state index in [0.29, 0.717) is 0 Å². The van der Waals surface area contributed by atoms with Crippen molar-refractivity contribution in [2.24, 2.45) is 0 Å². The minimum atomic E-state index is -5.09. The van der Waals surface area contributed by atoms with Crippen LogP contribution >= 0.6 is 0 Å². The van der Waals surface area contributed by atoms with Gasteiger partial charge in [0.2, 0.25) is 0 Å². The topological polar surface area (TPSA) is 106 Å². The van der Waals surface area contributed by atoms with Crippen molar-refractivity contribution in [3.8, 4) is 0 Å². The van der Waals surface area contributed by atoms with E-state index in [1.165, 1.54) is 22.9 Å². The number of benzene rings is 2. The van der Waals surface area contributed by atoms with Crippen molar-refractivity contribution >= 4 is 17.8 Å². The number of rotatable bonds is 9. The number of pyridine rings is 1. The molecule has 0 fully saturated rings. The first kappa shape index (κ1) is 27.2. The van der Waals surface area contributed by atoms with E-state index in [1.54, 1.807) is 5.32 Å². The molecule has 8 nitrogen and oxygen atoms in total. The summed E-state index contributed by atoms with van der Waals surface area (Å²) in [6.07, 6.45) is -3.95. The van der Waals surface area contributed by atoms with E-state index in [2.05, 4.69) is 10.1 Å². The molecule has 0 aliphatic rings. The summed E-state index contributed by atoms with van der Waals surface area (Å²) in [5.74, 6) is -4.05. The van der Waals surface area contributed by atoms with Gasteiger partial charge >= 0.3 is 18.1 Å². The molecule has 0 unspecified atom stereocenters. The molecule has 0 radical (unpaired) electrons. The molecule has 11 heteroatoms. The second kappa shape index (κ2) is 12.0. The lowest BCUT2D eigenvalue weighted by atomic mass is 9.98. The van der Waals surface area contributed by atoms with Crippen molar-refractivity contribution in [3.63, 3.8) is 0 Å². The molecule has 37 heavy (non-hydrogen) atoms. The van der Waals surface area contributed by atoms with Crippen LogP contribution < -0.4 is 16.2 Å². The molecule has 3 aromatic rings. The molecular weight excluding hydrogens is 491 g/mol. The minimum Gasteiger partial charge on any atom is -0.467 e. The maximum absolute atomic E-state index is 13.4. The first-order valence-electron chi connectivity index (χ1n) is 11.2. The van der Waals surface area contributed by atoms with Gasteiger partial charge in [-0.2, -0.15) is 13.2 Å². The Hall–Kier alpha value is -4.41. The Morgan fingerprint density at radius 3 is 2.00 bits per heavy atom. The second-order valence-corrected chi connectivity index (χ2v) is 7.95. The summed E-state index contributed by atoms with van der Waals surface area (Å²) in [6.45, 7) is -0.568. The fourth-order valence-electron chi connectivity index (χ4n) is 3.73. The van der Waals surface area contributed by atoms with Crippen molar-refractivity contribution in [3.05, 3.63) is 106 Å². The van der Waals surface area contributed by atoms with E-state index in [-0.39, 0.29) is 5.56 Å². The summed E-state index contributed by atoms with van der Waals surface area (Å²) < 4.78 is 43.2. The van der Waals surface area contributed by atoms with Gasteiger partial charge in [-0.05, 0) is 29.7 Å². The molecule has 1 aromatic heterocycles. The fourth-order valence-corrected chi connectivity index (χ4v) is 3.73. The average Bonchev–Trinajstić information content (AvgIpc) is 2.89. The first-order chi connectivity index (χ1) is 17.6. The van der Waals surface area contributed by atoms with Gasteiger partial charge in [-0.3, -0.25) is 14.4 Å². The zero-order valence-electron chi connectivity index (χ0n) is 19.7. The number of nitrogens with one attached hydrogen (secondary N) is 2. The number of methoxy groups -OCH3 is 1. The average molecular weight is 515 g/mol. The molecule has 2 N–H and O–H groups in total. The second-order valence-electron chi connectivity index (χ2n) is 7.95. The van der Waals surface area contributed by atoms with Gasteiger partial charge in [0.05, 0.1) is 13.2 Å². The number of esters is 1. The normalized spacial score (nSPS) is 12.0. The fraction of sp³-hybridized carbons (Fsp3) is 0.231. The van der Waals surface area contributed by atoms with Crippen molar-refractivity contribution in [2.75, 3.05) is 13.7 Å². The van der Waals surface area contributed by atoms with Crippen LogP contribution in [-0.2, 0) is 14.3 Å². The highest BCUT2D eigenvalue weighted by Crippen LogP contribution is 2.25. The number of alkyl halides is 3. The largest absolute Gasteiger partial charge is 0.471 e. The number of halogens is 3. The van der Waals surface area contributed by atoms with Crippen LogP contribution in [0.3, 0.4) is 0 Å². The standard InChI is InChI=1S/C26H24F3N3O5/c1-37-24(35)20(14-15-30-25(36)26(27,28)29)31-22(33)19-13-8-16-32(23(19)34)21(17-9-4-2-5-10-17)18-11-6-3-7-12-18/h2-13,16,20-21H,14-15H2,1H3,(H,30,36)(H,31,33)/t20-/m0/s1. The van der Waals surface area contributed by atoms with Crippen LogP contribution in [0.2, 0.25) is 0 Å². The summed E-state index contributed by atoms with van der Waals surface area (Å²) >= 11 is 0. The Labute approximate surface area is 210 Å². The quantitative estimate of drug-likeness (QED) is 0.427. The molecule has 194 valence electrons. The van der Waals surface area contributed by atoms with Crippen molar-refractivity contribution in [2.45, 2.75) is 24.7 Å². The Balaban J connectivity index is 1.88. The van der Waals surface area contributed by atoms with Gasteiger partial charge in [-0.1, -0.05) is 60.7 Å². The molecular formula is C26H24F3N3O5. The summed E-state index contributed by atoms with van der Waals surface area (Å²) in [5.41, 5.74) is 0.654. The monoisotopic (exact) mass is 515 g/mol. The van der Waals surface area contributed by atoms with Gasteiger partial charge in [-0.25, -0.2) is 4.79 Å². The molecule has 2 amide bonds. The lowest BCUT2D eigenvalue weighted by Gasteiger charge is -2.22. The number of ether oxygens (including phenoxy) is 1. The van der Waals surface area contributed by atoms with E-state index < -0.39 is 54.6 Å². The van der Waals surface area contributed by atoms with Crippen LogP contribution in [0.4, 0.5) is 13.2 Å². The Morgan fingerprint density at radius 1 is 0.919 bits per heavy atom. The maximum Gasteiger partial charge on any atom is 0.471 e. The molecule has 0 saturated carbocycles. The van der Waals surface area contributed by atoms with Crippen LogP contribution in [0.1, 0.15) is 33.9 Å². The van der Waals surface area contributed by atoms with E-state index in [0.717, 1.165) is 18.2 Å². The molecule has 1 heterocycles. The van der Waals surface area contributed by atoms with Gasteiger partial charge in [0.1, 0.15) is 11.6 Å². The third-order valence-electron chi connectivity index (χ3n) is 5.49. The summed E-state index contributed by atoms with van der Waals surface area (Å²) in [6, 6.07) is 19.2. The van der Waals surface area contributed by atoms with E-state index in [4.69, 9.17) is 0 Å². The predicted octanol–water partition coefficient (Wildman–Crippen LogP) is 2.83. The van der Waals surface area contributed by atoms with Gasteiger partial charge in [0, 0.05) is 12.7 Å². The Bertz CT molecular complexity index is 1250. The van der Waals surface area contributed by atoms with Crippen molar-refractivity contribution in [1.29, 1.82) is 0 Å². The number of hydrogen-bond donors (Lipinski definition) is 2. The smallest absolute Gasteiger partial charge is 0.467 e. The predicted molar refractivity (Wildman–Crippen MR) is 128 cm³/mol. The minimum absolute atomic E-state index is 0.285. The van der Waals surface area contributed by atoms with Crippen molar-refractivity contribution < 1.29 is 32.3 Å². The number of carbonyl (C=O) groups is 3. The number of hydrogen-bond acceptors (Lipinski definition) is 5. The van der Waals surface area contributed by atoms with Crippen LogP contribution in [0, 0.1) is 0 Å². The van der Waals surface area contributed by atoms with E-state index in [1.807, 2.05) is 60.7 Å². The highest BCUT2D eigenvalue weighted by atomic mass is 19.4. The van der Waals surface area contributed by atoms with Gasteiger partial charge in [-0.15, -0.1) is 0 Å². The van der Waals surface area contributed by atoms with Crippen molar-refractivity contribution in [1.82, 2.24) is 15.2 Å². The van der Waals surface area contributed by atoms with Gasteiger partial charge in [0.15, 0.2) is 0 Å². The molecule has 0 bridgehead atoms. The van der Waals surface area contributed by atoms with E-state index in [9.17, 15) is 32.3 Å². The first-order valence-corrected chi connectivity index (χ1v) is 11.2. The third-order valence-corrected chi connectivity index (χ3v) is 5.49. The molecule has 3 rings (SSSR count). The van der Waals surface area contributed by atoms with Crippen LogP contribution in [0.25, 0.3) is 0 Å². The summed E-state index contributed by atoms with van der Waals surface area (Å²) in [4.78, 5) is 49.6. The van der Waals surface area contributed by atoms with E-state index >= 15 is 0 Å². The SMILES string of the molecule is COC(=O)[C@H](CCNC(=O)C(F)(F)F)NC(=O)c1cccn(C(c2ccccc2)c2ccccc2)c1=O. The molecule has 0 saturated heterocycles. The zero-order chi connectivity index (χ0) is 27.0. The summed E-state index contributed by atoms with van der Waals surface area (Å²) in [7, 11) is 1.04. The molecule has 2 aromatic carbocycles. The number of amides is 2. The van der Waals surface area contributed by atoms with Crippen LogP contribution in [-0.4, -0.2) is 48.2 Å². The molecule has 0 aliphatic heterocycles. The lowest BCUT2D eigenvalue weighted by Crippen LogP contribution is -2.46. The Morgan fingerprint density at radius 2 is 1.49 bits per heavy atom. The number of aromatic nitrogens is 1. The lowest BCUT2D eigenvalue weighted by molar-refractivity contribution is -0.173. The van der Waals surface area contributed by atoms with Gasteiger partial charge < -0.3 is 19.9 Å². The molecule has 0 aliphatic carbocycles. The maximum atomic E-state index is 13.4. The van der Waals surface area contributed by atoms with Gasteiger partial charge in [0.25, 0.3) is 11.5 Å². The number of carbonyl (C=O) groups excluding carboxylic acids is 3. The highest BCUT2D eigenvalue weighted by molar-refractivity contribution is 5.96. The summed E-state index contributed by atoms with van der Waals surface area (Å²) in [5, 5.41) is 3.95. The number of nitrogens with zero attached hydrogens (tertiary/aromatic N) is 1. The third kappa shape index (κ3) is 6.84. The van der Waals surface area contributed by atoms with Crippen LogP contribution in [0.5, 0.6) is 0 Å². The highest BCUT2D eigenvalue weighted by Gasteiger charge is 2.38. The molecule has 0 spiro atoms. The Kier molecular flexibility index (Phi) is 8.83. The van der Waals surface area contributed by atoms with Crippen LogP contribution in [0.15, 0.2) is 83.8 Å². The molecule has 1 atom stereocenters. The zero-order valence-corrected chi connectivity index (χ0v) is 19.7.